The molecule has 0 saturated heterocycles. The normalized spacial score (nSPS) is 13.1. The SMILES string of the molecule is COc1ccc2c(CCc3ccccc3)c3[n+](cc2c1OC)CCc1cc2c(cc1-3)OCO2.[I-]. The lowest BCUT2D eigenvalue weighted by Crippen LogP contribution is -3.00. The molecule has 4 aromatic rings. The molecule has 34 heavy (non-hydrogen) atoms. The van der Waals surface area contributed by atoms with Crippen LogP contribution in [0.1, 0.15) is 16.7 Å². The number of nitrogens with zero attached hydrogens (tertiary/aromatic N) is 1. The highest BCUT2D eigenvalue weighted by Crippen LogP contribution is 2.43. The minimum atomic E-state index is 0. The minimum Gasteiger partial charge on any atom is -1.00 e. The van der Waals surface area contributed by atoms with E-state index in [0.29, 0.717) is 0 Å². The van der Waals surface area contributed by atoms with Crippen LogP contribution in [0, 0.1) is 0 Å². The second-order valence-corrected chi connectivity index (χ2v) is 8.51. The highest BCUT2D eigenvalue weighted by molar-refractivity contribution is 5.95. The number of halogens is 1. The van der Waals surface area contributed by atoms with Crippen molar-refractivity contribution in [3.63, 3.8) is 0 Å². The van der Waals surface area contributed by atoms with E-state index in [2.05, 4.69) is 59.3 Å². The Morgan fingerprint density at radius 3 is 2.44 bits per heavy atom. The summed E-state index contributed by atoms with van der Waals surface area (Å²) in [4.78, 5) is 0. The third kappa shape index (κ3) is 3.74. The minimum absolute atomic E-state index is 0. The van der Waals surface area contributed by atoms with Gasteiger partial charge in [-0.3, -0.25) is 0 Å². The van der Waals surface area contributed by atoms with Gasteiger partial charge in [0.2, 0.25) is 12.5 Å². The van der Waals surface area contributed by atoms with Crippen LogP contribution in [0.2, 0.25) is 0 Å². The maximum atomic E-state index is 5.81. The molecule has 0 fully saturated rings. The number of hydrogen-bond acceptors (Lipinski definition) is 4. The van der Waals surface area contributed by atoms with Crippen LogP contribution in [-0.4, -0.2) is 21.0 Å². The van der Waals surface area contributed by atoms with Crippen LogP contribution in [0.3, 0.4) is 0 Å². The molecule has 0 spiro atoms. The molecular weight excluding hydrogens is 541 g/mol. The molecule has 5 nitrogen and oxygen atoms in total. The zero-order valence-corrected chi connectivity index (χ0v) is 21.4. The van der Waals surface area contributed by atoms with E-state index < -0.39 is 0 Å². The smallest absolute Gasteiger partial charge is 0.231 e. The van der Waals surface area contributed by atoms with Gasteiger partial charge in [0.1, 0.15) is 0 Å². The number of fused-ring (bicyclic) bond motifs is 5. The van der Waals surface area contributed by atoms with Crippen LogP contribution in [0.5, 0.6) is 23.0 Å². The molecular formula is C28H26INO4. The fourth-order valence-electron chi connectivity index (χ4n) is 5.18. The van der Waals surface area contributed by atoms with Crippen molar-refractivity contribution in [2.24, 2.45) is 0 Å². The van der Waals surface area contributed by atoms with Gasteiger partial charge in [-0.05, 0) is 48.2 Å². The number of ether oxygens (including phenoxy) is 4. The standard InChI is InChI=1S/C28H26NO4.HI/c1-30-24-11-10-20-21(9-8-18-6-4-3-5-7-18)27-22-15-26-25(32-17-33-26)14-19(22)12-13-29(27)16-23(20)28(24)31-2;/h3-7,10-11,14-16H,8-9,12-13,17H2,1-2H3;1H/q+1;/p-1. The monoisotopic (exact) mass is 567 g/mol. The molecule has 6 rings (SSSR count). The number of aromatic nitrogens is 1. The van der Waals surface area contributed by atoms with E-state index >= 15 is 0 Å². The van der Waals surface area contributed by atoms with Crippen LogP contribution in [0.15, 0.2) is 60.8 Å². The molecule has 0 unspecified atom stereocenters. The summed E-state index contributed by atoms with van der Waals surface area (Å²) in [6.45, 7) is 1.18. The Labute approximate surface area is 216 Å². The van der Waals surface area contributed by atoms with Crippen molar-refractivity contribution in [3.05, 3.63) is 77.5 Å². The maximum Gasteiger partial charge on any atom is 0.231 e. The van der Waals surface area contributed by atoms with Crippen molar-refractivity contribution >= 4 is 10.8 Å². The largest absolute Gasteiger partial charge is 1.00 e. The maximum absolute atomic E-state index is 5.81. The summed E-state index contributed by atoms with van der Waals surface area (Å²) in [7, 11) is 3.39. The number of rotatable bonds is 5. The van der Waals surface area contributed by atoms with Gasteiger partial charge in [0.25, 0.3) is 0 Å². The predicted octanol–water partition coefficient (Wildman–Crippen LogP) is 1.89. The Bertz CT molecular complexity index is 1370. The van der Waals surface area contributed by atoms with Gasteiger partial charge in [-0.1, -0.05) is 30.3 Å². The molecule has 0 amide bonds. The second-order valence-electron chi connectivity index (χ2n) is 8.51. The Kier molecular flexibility index (Phi) is 6.25. The zero-order valence-electron chi connectivity index (χ0n) is 19.3. The van der Waals surface area contributed by atoms with Gasteiger partial charge >= 0.3 is 0 Å². The third-order valence-electron chi connectivity index (χ3n) is 6.75. The van der Waals surface area contributed by atoms with E-state index in [1.165, 1.54) is 33.3 Å². The second kappa shape index (κ2) is 9.33. The molecule has 3 aromatic carbocycles. The van der Waals surface area contributed by atoms with Gasteiger partial charge in [0.05, 0.1) is 25.2 Å². The average Bonchev–Trinajstić information content (AvgIpc) is 3.32. The van der Waals surface area contributed by atoms with E-state index in [1.807, 2.05) is 6.07 Å². The van der Waals surface area contributed by atoms with Crippen molar-refractivity contribution in [1.82, 2.24) is 0 Å². The first-order chi connectivity index (χ1) is 16.3. The highest BCUT2D eigenvalue weighted by atomic mass is 127. The summed E-state index contributed by atoms with van der Waals surface area (Å²) in [5, 5.41) is 2.27. The van der Waals surface area contributed by atoms with Crippen molar-refractivity contribution in [3.8, 4) is 34.3 Å². The molecule has 0 N–H and O–H groups in total. The van der Waals surface area contributed by atoms with Gasteiger partial charge in [-0.15, -0.1) is 0 Å². The fraction of sp³-hybridized carbons (Fsp3) is 0.250. The Morgan fingerprint density at radius 1 is 0.882 bits per heavy atom. The van der Waals surface area contributed by atoms with E-state index in [-0.39, 0.29) is 30.8 Å². The fourth-order valence-corrected chi connectivity index (χ4v) is 5.18. The number of pyridine rings is 1. The summed E-state index contributed by atoms with van der Waals surface area (Å²) in [5.74, 6) is 3.20. The molecule has 0 atom stereocenters. The topological polar surface area (TPSA) is 40.8 Å². The van der Waals surface area contributed by atoms with E-state index in [0.717, 1.165) is 54.2 Å². The van der Waals surface area contributed by atoms with E-state index in [4.69, 9.17) is 18.9 Å². The quantitative estimate of drug-likeness (QED) is 0.273. The van der Waals surface area contributed by atoms with E-state index in [9.17, 15) is 0 Å². The van der Waals surface area contributed by atoms with Crippen LogP contribution in [-0.2, 0) is 25.8 Å². The summed E-state index contributed by atoms with van der Waals surface area (Å²) in [5.41, 5.74) is 6.43. The molecule has 0 bridgehead atoms. The Balaban J connectivity index is 0.00000241. The van der Waals surface area contributed by atoms with Gasteiger partial charge in [-0.25, -0.2) is 0 Å². The van der Waals surface area contributed by atoms with Gasteiger partial charge in [0, 0.05) is 17.4 Å². The van der Waals surface area contributed by atoms with Crippen molar-refractivity contribution < 1.29 is 47.5 Å². The van der Waals surface area contributed by atoms with Gasteiger partial charge < -0.3 is 42.9 Å². The molecule has 6 heteroatoms. The molecule has 174 valence electrons. The predicted molar refractivity (Wildman–Crippen MR) is 126 cm³/mol. The average molecular weight is 567 g/mol. The van der Waals surface area contributed by atoms with E-state index in [1.54, 1.807) is 14.2 Å². The lowest BCUT2D eigenvalue weighted by Gasteiger charge is -2.21. The van der Waals surface area contributed by atoms with Gasteiger partial charge in [0.15, 0.2) is 35.7 Å². The van der Waals surface area contributed by atoms with Crippen molar-refractivity contribution in [2.45, 2.75) is 25.8 Å². The number of methoxy groups -OCH3 is 2. The number of benzene rings is 3. The summed E-state index contributed by atoms with van der Waals surface area (Å²) in [6, 6.07) is 19.1. The molecule has 2 aliphatic heterocycles. The van der Waals surface area contributed by atoms with Crippen LogP contribution < -0.4 is 47.5 Å². The molecule has 0 aliphatic carbocycles. The first-order valence-electron chi connectivity index (χ1n) is 11.3. The zero-order chi connectivity index (χ0) is 22.4. The summed E-state index contributed by atoms with van der Waals surface area (Å²) >= 11 is 0. The Hall–Kier alpha value is -3.00. The van der Waals surface area contributed by atoms with Crippen LogP contribution >= 0.6 is 0 Å². The van der Waals surface area contributed by atoms with Crippen LogP contribution in [0.25, 0.3) is 22.0 Å². The Morgan fingerprint density at radius 2 is 1.68 bits per heavy atom. The first-order valence-corrected chi connectivity index (χ1v) is 11.3. The molecule has 2 aliphatic rings. The molecule has 0 radical (unpaired) electrons. The van der Waals surface area contributed by atoms with Crippen LogP contribution in [0.4, 0.5) is 0 Å². The number of aryl methyl sites for hydroxylation is 4. The molecule has 3 heterocycles. The lowest BCUT2D eigenvalue weighted by molar-refractivity contribution is -0.686. The third-order valence-corrected chi connectivity index (χ3v) is 6.75. The summed E-state index contributed by atoms with van der Waals surface area (Å²) < 4.78 is 25.2. The summed E-state index contributed by atoms with van der Waals surface area (Å²) in [6.07, 6.45) is 5.03. The van der Waals surface area contributed by atoms with Crippen molar-refractivity contribution in [2.75, 3.05) is 21.0 Å². The highest BCUT2D eigenvalue weighted by Gasteiger charge is 2.32. The van der Waals surface area contributed by atoms with Gasteiger partial charge in [-0.2, -0.15) is 4.57 Å². The van der Waals surface area contributed by atoms with Crippen molar-refractivity contribution in [1.29, 1.82) is 0 Å². The molecule has 0 saturated carbocycles. The number of hydrogen-bond donors (Lipinski definition) is 0. The first kappa shape index (κ1) is 22.8. The molecule has 1 aromatic heterocycles. The lowest BCUT2D eigenvalue weighted by atomic mass is 9.89.